The number of allylic oxidation sites excluding steroid dienone is 3. The van der Waals surface area contributed by atoms with E-state index in [0.717, 1.165) is 45.4 Å². The lowest BCUT2D eigenvalue weighted by Gasteiger charge is -2.17. The van der Waals surface area contributed by atoms with Crippen molar-refractivity contribution < 1.29 is 29.7 Å². The van der Waals surface area contributed by atoms with Crippen LogP contribution in [0.4, 0.5) is 0 Å². The number of aryl methyl sites for hydroxylation is 3. The highest BCUT2D eigenvalue weighted by molar-refractivity contribution is 6.02. The number of aromatic carboxylic acids is 1. The van der Waals surface area contributed by atoms with Crippen LogP contribution in [0, 0.1) is 13.8 Å². The molecule has 2 aliphatic heterocycles. The van der Waals surface area contributed by atoms with Gasteiger partial charge in [0.05, 0.1) is 34.6 Å². The van der Waals surface area contributed by atoms with Crippen LogP contribution < -0.4 is 11.5 Å². The summed E-state index contributed by atoms with van der Waals surface area (Å²) in [7, 11) is 0. The molecule has 12 heteroatoms. The van der Waals surface area contributed by atoms with Gasteiger partial charge in [-0.05, 0) is 74.1 Å². The minimum Gasteiger partial charge on any atom is -0.481 e. The Morgan fingerprint density at radius 2 is 1.56 bits per heavy atom. The van der Waals surface area contributed by atoms with Crippen molar-refractivity contribution >= 4 is 51.1 Å². The highest BCUT2D eigenvalue weighted by Gasteiger charge is 2.33. The van der Waals surface area contributed by atoms with Crippen LogP contribution in [0.15, 0.2) is 30.9 Å². The highest BCUT2D eigenvalue weighted by atomic mass is 16.4. The van der Waals surface area contributed by atoms with E-state index in [1.165, 1.54) is 0 Å². The lowest BCUT2D eigenvalue weighted by molar-refractivity contribution is -0.138. The number of nitrogens with zero attached hydrogens (tertiary/aromatic N) is 2. The van der Waals surface area contributed by atoms with Gasteiger partial charge in [0.25, 0.3) is 0 Å². The van der Waals surface area contributed by atoms with Gasteiger partial charge >= 0.3 is 17.9 Å². The molecule has 48 heavy (non-hydrogen) atoms. The number of carbonyl (C=O) groups is 3. The van der Waals surface area contributed by atoms with Gasteiger partial charge in [-0.15, -0.1) is 0 Å². The number of aliphatic carboxylic acids is 2. The zero-order valence-electron chi connectivity index (χ0n) is 28.0. The SMILES string of the molecule is C=CC1=C(C)c2cc3nc(c(CC(=O)O)c4[nH]c(cc5[nH]c(cc1n2)c(C)c5CC)c(C)c4C(=O)O)[C@@H](CCC(=O)O)[C@@H]3C.NCCN. The number of H-pyrrole nitrogens is 2. The third-order valence-electron chi connectivity index (χ3n) is 9.12. The molecule has 9 N–H and O–H groups in total. The molecular formula is C36H44N6O6. The van der Waals surface area contributed by atoms with Gasteiger partial charge in [-0.3, -0.25) is 14.6 Å². The van der Waals surface area contributed by atoms with Crippen molar-refractivity contribution in [2.24, 2.45) is 11.5 Å². The maximum Gasteiger partial charge on any atom is 0.338 e. The van der Waals surface area contributed by atoms with Crippen molar-refractivity contribution in [2.75, 3.05) is 13.1 Å². The fraction of sp³-hybridized carbons (Fsp3) is 0.361. The summed E-state index contributed by atoms with van der Waals surface area (Å²) >= 11 is 0. The van der Waals surface area contributed by atoms with Crippen molar-refractivity contribution in [1.82, 2.24) is 19.9 Å². The Labute approximate surface area is 278 Å². The fourth-order valence-corrected chi connectivity index (χ4v) is 6.53. The van der Waals surface area contributed by atoms with Gasteiger partial charge in [0.1, 0.15) is 0 Å². The Bertz CT molecular complexity index is 1980. The van der Waals surface area contributed by atoms with Crippen LogP contribution >= 0.6 is 0 Å². The van der Waals surface area contributed by atoms with E-state index in [2.05, 4.69) is 16.5 Å². The number of aromatic nitrogens is 4. The predicted molar refractivity (Wildman–Crippen MR) is 187 cm³/mol. The second-order valence-corrected chi connectivity index (χ2v) is 12.1. The van der Waals surface area contributed by atoms with E-state index in [4.69, 9.17) is 21.4 Å². The van der Waals surface area contributed by atoms with Crippen molar-refractivity contribution in [3.8, 4) is 0 Å². The smallest absolute Gasteiger partial charge is 0.338 e. The molecule has 3 aromatic heterocycles. The lowest BCUT2D eigenvalue weighted by atomic mass is 9.85. The molecule has 2 aliphatic rings. The second kappa shape index (κ2) is 14.8. The van der Waals surface area contributed by atoms with E-state index in [-0.39, 0.29) is 35.4 Å². The minimum absolute atomic E-state index is 0.0388. The second-order valence-electron chi connectivity index (χ2n) is 12.1. The summed E-state index contributed by atoms with van der Waals surface area (Å²) in [5.74, 6) is -4.08. The third kappa shape index (κ3) is 6.95. The van der Waals surface area contributed by atoms with Crippen LogP contribution in [0.5, 0.6) is 0 Å². The molecule has 0 aromatic carbocycles. The number of nitrogens with one attached hydrogen (secondary N) is 2. The number of fused-ring (bicyclic) bond motifs is 8. The van der Waals surface area contributed by atoms with E-state index >= 15 is 0 Å². The fourth-order valence-electron chi connectivity index (χ4n) is 6.53. The van der Waals surface area contributed by atoms with Crippen molar-refractivity contribution in [3.05, 3.63) is 81.4 Å². The molecule has 0 saturated carbocycles. The van der Waals surface area contributed by atoms with Crippen molar-refractivity contribution in [3.63, 3.8) is 0 Å². The van der Waals surface area contributed by atoms with E-state index in [1.807, 2.05) is 45.9 Å². The van der Waals surface area contributed by atoms with Crippen LogP contribution in [0.3, 0.4) is 0 Å². The van der Waals surface area contributed by atoms with Crippen LogP contribution in [-0.2, 0) is 22.4 Å². The molecule has 0 radical (unpaired) electrons. The Kier molecular flexibility index (Phi) is 11.0. The lowest BCUT2D eigenvalue weighted by Crippen LogP contribution is -2.11. The maximum absolute atomic E-state index is 12.7. The summed E-state index contributed by atoms with van der Waals surface area (Å²) in [6, 6.07) is 5.70. The first-order chi connectivity index (χ1) is 22.8. The summed E-state index contributed by atoms with van der Waals surface area (Å²) < 4.78 is 0. The molecule has 3 aromatic rings. The van der Waals surface area contributed by atoms with Crippen molar-refractivity contribution in [2.45, 2.75) is 72.1 Å². The molecule has 0 unspecified atom stereocenters. The maximum atomic E-state index is 12.7. The number of carboxylic acid groups (broad SMARTS) is 3. The number of rotatable bonds is 9. The topological polar surface area (TPSA) is 221 Å². The molecule has 5 heterocycles. The molecular weight excluding hydrogens is 612 g/mol. The van der Waals surface area contributed by atoms with Crippen LogP contribution in [-0.4, -0.2) is 66.3 Å². The number of carboxylic acids is 3. The monoisotopic (exact) mass is 656 g/mol. The molecule has 8 bridgehead atoms. The number of nitrogens with two attached hydrogens (primary N) is 2. The third-order valence-corrected chi connectivity index (χ3v) is 9.12. The molecule has 0 saturated heterocycles. The Morgan fingerprint density at radius 1 is 0.896 bits per heavy atom. The first-order valence-electron chi connectivity index (χ1n) is 15.9. The van der Waals surface area contributed by atoms with Gasteiger partial charge in [0.15, 0.2) is 0 Å². The van der Waals surface area contributed by atoms with Gasteiger partial charge in [-0.25, -0.2) is 9.78 Å². The molecule has 12 nitrogen and oxygen atoms in total. The molecule has 0 fully saturated rings. The number of aromatic amines is 2. The zero-order valence-corrected chi connectivity index (χ0v) is 28.0. The Hall–Kier alpha value is -5.07. The van der Waals surface area contributed by atoms with Gasteiger partial charge < -0.3 is 36.8 Å². The van der Waals surface area contributed by atoms with E-state index < -0.39 is 30.2 Å². The molecule has 0 spiro atoms. The van der Waals surface area contributed by atoms with Crippen LogP contribution in [0.1, 0.15) is 101 Å². The van der Waals surface area contributed by atoms with E-state index in [0.29, 0.717) is 41.3 Å². The van der Waals surface area contributed by atoms with E-state index in [1.54, 1.807) is 13.0 Å². The largest absolute Gasteiger partial charge is 0.481 e. The standard InChI is InChI=1S/C34H36N4O6.C2H8N2/c1-7-19-15(3)23-12-25-17(5)21(9-10-29(39)40)32(37-25)22(11-30(41)42)33-31(34(43)44)18(6)26(38-33)14-28-20(8-2)16(4)24(36-28)13-27(19)35-23;3-1-2-4/h7,12-14,17,21,36,38H,1,8-11H2,2-6H3,(H,39,40)(H,41,42)(H,43,44);1-4H2/t17-,21-;/m0./s1. The first kappa shape index (κ1) is 35.8. The summed E-state index contributed by atoms with van der Waals surface area (Å²) in [6.07, 6.45) is 2.04. The molecule has 2 atom stereocenters. The summed E-state index contributed by atoms with van der Waals surface area (Å²) in [5.41, 5.74) is 19.1. The Balaban J connectivity index is 0.00000123. The Morgan fingerprint density at radius 3 is 2.12 bits per heavy atom. The number of hydrogen-bond donors (Lipinski definition) is 7. The minimum atomic E-state index is -1.20. The average molecular weight is 657 g/mol. The normalized spacial score (nSPS) is 15.6. The first-order valence-corrected chi connectivity index (χ1v) is 15.9. The summed E-state index contributed by atoms with van der Waals surface area (Å²) in [6.45, 7) is 14.9. The van der Waals surface area contributed by atoms with Gasteiger partial charge in [-0.1, -0.05) is 26.5 Å². The molecule has 254 valence electrons. The zero-order chi connectivity index (χ0) is 35.4. The quantitative estimate of drug-likeness (QED) is 0.151. The summed E-state index contributed by atoms with van der Waals surface area (Å²) in [4.78, 5) is 53.2. The van der Waals surface area contributed by atoms with E-state index in [9.17, 15) is 29.7 Å². The molecule has 0 aliphatic carbocycles. The van der Waals surface area contributed by atoms with Crippen LogP contribution in [0.2, 0.25) is 0 Å². The van der Waals surface area contributed by atoms with Gasteiger partial charge in [-0.2, -0.15) is 0 Å². The predicted octanol–water partition coefficient (Wildman–Crippen LogP) is 5.59. The number of hydrogen-bond acceptors (Lipinski definition) is 7. The van der Waals surface area contributed by atoms with Gasteiger partial charge in [0.2, 0.25) is 0 Å². The molecule has 0 amide bonds. The molecule has 5 rings (SSSR count). The van der Waals surface area contributed by atoms with Crippen molar-refractivity contribution in [1.29, 1.82) is 0 Å². The summed E-state index contributed by atoms with van der Waals surface area (Å²) in [5, 5.41) is 29.9. The van der Waals surface area contributed by atoms with Gasteiger partial charge in [0, 0.05) is 64.7 Å². The highest BCUT2D eigenvalue weighted by Crippen LogP contribution is 2.43. The van der Waals surface area contributed by atoms with Crippen LogP contribution in [0.25, 0.3) is 33.2 Å². The average Bonchev–Trinajstić information content (AvgIpc) is 3.71.